The Labute approximate surface area is 215 Å². The van der Waals surface area contributed by atoms with Gasteiger partial charge in [-0.3, -0.25) is 4.79 Å². The second kappa shape index (κ2) is 10.9. The summed E-state index contributed by atoms with van der Waals surface area (Å²) in [6, 6.07) is 3.34. The Morgan fingerprint density at radius 1 is 1.22 bits per heavy atom. The number of carbonyl (C=O) groups is 3. The molecular weight excluding hydrogens is 482 g/mol. The molecule has 0 aliphatic heterocycles. The van der Waals surface area contributed by atoms with Crippen molar-refractivity contribution in [3.63, 3.8) is 0 Å². The zero-order valence-electron chi connectivity index (χ0n) is 21.7. The molecule has 0 unspecified atom stereocenters. The molecule has 10 heteroatoms. The summed E-state index contributed by atoms with van der Waals surface area (Å²) in [6.45, 7) is 8.08. The van der Waals surface area contributed by atoms with Crippen LogP contribution in [0, 0.1) is 27.4 Å². The van der Waals surface area contributed by atoms with Crippen molar-refractivity contribution in [3.8, 4) is 11.5 Å². The first-order valence-electron chi connectivity index (χ1n) is 12.5. The quantitative estimate of drug-likeness (QED) is 0.100. The summed E-state index contributed by atoms with van der Waals surface area (Å²) in [7, 11) is 0. The monoisotopic (exact) mass is 517 g/mol. The van der Waals surface area contributed by atoms with E-state index < -0.39 is 22.4 Å². The number of phenolic OH excluding ortho intramolecular Hbond substituents is 1. The van der Waals surface area contributed by atoms with E-state index in [9.17, 15) is 29.6 Å². The molecule has 3 atom stereocenters. The molecule has 0 spiro atoms. The smallest absolute Gasteiger partial charge is 0.336 e. The molecule has 4 rings (SSSR count). The SMILES string of the molecule is CC(C)(CCCCCO[N+](=O)[O-])c1cc(O)c([C@@H]2CC(=O)[C@@H]3C[C@H]2C3(C)C)c(OC(=O)C=CC(=O)O)c1. The minimum Gasteiger partial charge on any atom is -0.508 e. The van der Waals surface area contributed by atoms with Gasteiger partial charge in [0, 0.05) is 36.0 Å². The van der Waals surface area contributed by atoms with Crippen molar-refractivity contribution in [2.75, 3.05) is 6.61 Å². The molecule has 1 aromatic carbocycles. The summed E-state index contributed by atoms with van der Waals surface area (Å²) in [4.78, 5) is 50.7. The molecule has 0 aromatic heterocycles. The van der Waals surface area contributed by atoms with Crippen molar-refractivity contribution >= 4 is 17.7 Å². The average Bonchev–Trinajstić information content (AvgIpc) is 2.78. The number of rotatable bonds is 12. The van der Waals surface area contributed by atoms with Gasteiger partial charge in [-0.15, -0.1) is 10.1 Å². The van der Waals surface area contributed by atoms with Crippen LogP contribution in [0.4, 0.5) is 0 Å². The van der Waals surface area contributed by atoms with E-state index >= 15 is 0 Å². The van der Waals surface area contributed by atoms with E-state index in [0.29, 0.717) is 36.5 Å². The number of ketones is 1. The van der Waals surface area contributed by atoms with Gasteiger partial charge in [0.25, 0.3) is 5.09 Å². The fourth-order valence-corrected chi connectivity index (χ4v) is 5.86. The molecule has 0 radical (unpaired) electrons. The number of benzene rings is 1. The third-order valence-corrected chi connectivity index (χ3v) is 8.13. The summed E-state index contributed by atoms with van der Waals surface area (Å²) < 4.78 is 5.57. The van der Waals surface area contributed by atoms with Crippen LogP contribution in [0.3, 0.4) is 0 Å². The minimum atomic E-state index is -1.29. The lowest BCUT2D eigenvalue weighted by molar-refractivity contribution is -0.757. The maximum Gasteiger partial charge on any atom is 0.336 e. The van der Waals surface area contributed by atoms with Gasteiger partial charge in [-0.25, -0.2) is 9.59 Å². The predicted octanol–water partition coefficient (Wildman–Crippen LogP) is 4.70. The zero-order valence-corrected chi connectivity index (χ0v) is 21.7. The molecule has 10 nitrogen and oxygen atoms in total. The van der Waals surface area contributed by atoms with Gasteiger partial charge in [-0.05, 0) is 53.7 Å². The van der Waals surface area contributed by atoms with Crippen molar-refractivity contribution in [1.29, 1.82) is 0 Å². The van der Waals surface area contributed by atoms with Crippen LogP contribution in [0.1, 0.15) is 83.3 Å². The maximum atomic E-state index is 12.8. The number of fused-ring (bicyclic) bond motifs is 2. The Hall–Kier alpha value is -3.43. The Kier molecular flexibility index (Phi) is 8.29. The number of carboxylic acids is 1. The maximum absolute atomic E-state index is 12.8. The topological polar surface area (TPSA) is 153 Å². The number of aliphatic carboxylic acids is 1. The Morgan fingerprint density at radius 3 is 2.51 bits per heavy atom. The van der Waals surface area contributed by atoms with Gasteiger partial charge in [-0.1, -0.05) is 40.5 Å². The van der Waals surface area contributed by atoms with Crippen LogP contribution in [-0.4, -0.2) is 39.6 Å². The molecule has 1 aromatic rings. The molecule has 0 heterocycles. The van der Waals surface area contributed by atoms with Crippen LogP contribution >= 0.6 is 0 Å². The first-order chi connectivity index (χ1) is 17.2. The number of hydrogen-bond acceptors (Lipinski definition) is 8. The van der Waals surface area contributed by atoms with E-state index in [0.717, 1.165) is 18.9 Å². The number of ether oxygens (including phenoxy) is 1. The molecule has 2 bridgehead atoms. The Bertz CT molecular complexity index is 1110. The first-order valence-corrected chi connectivity index (χ1v) is 12.5. The van der Waals surface area contributed by atoms with E-state index in [1.165, 1.54) is 0 Å². The summed E-state index contributed by atoms with van der Waals surface area (Å²) in [6.07, 6.45) is 5.15. The molecule has 3 saturated carbocycles. The summed E-state index contributed by atoms with van der Waals surface area (Å²) in [5.41, 5.74) is 0.445. The lowest BCUT2D eigenvalue weighted by atomic mass is 9.44. The molecular formula is C27H35NO9. The van der Waals surface area contributed by atoms with E-state index in [1.54, 1.807) is 12.1 Å². The fraction of sp³-hybridized carbons (Fsp3) is 0.593. The summed E-state index contributed by atoms with van der Waals surface area (Å²) in [5.74, 6) is -2.18. The van der Waals surface area contributed by atoms with Crippen LogP contribution < -0.4 is 4.74 Å². The van der Waals surface area contributed by atoms with E-state index in [1.807, 2.05) is 27.7 Å². The van der Waals surface area contributed by atoms with Crippen molar-refractivity contribution in [2.45, 2.75) is 77.6 Å². The van der Waals surface area contributed by atoms with Gasteiger partial charge in [0.15, 0.2) is 0 Å². The second-order valence-electron chi connectivity index (χ2n) is 11.2. The van der Waals surface area contributed by atoms with E-state index in [2.05, 4.69) is 4.84 Å². The number of carboxylic acid groups (broad SMARTS) is 1. The number of aromatic hydroxyl groups is 1. The van der Waals surface area contributed by atoms with Gasteiger partial charge < -0.3 is 19.8 Å². The van der Waals surface area contributed by atoms with Gasteiger partial charge in [0.2, 0.25) is 0 Å². The second-order valence-corrected chi connectivity index (χ2v) is 11.2. The number of Topliss-reactive ketones (excluding diaryl/α,β-unsaturated/α-hetero) is 1. The average molecular weight is 518 g/mol. The number of nitrogens with zero attached hydrogens (tertiary/aromatic N) is 1. The highest BCUT2D eigenvalue weighted by Crippen LogP contribution is 2.64. The highest BCUT2D eigenvalue weighted by atomic mass is 16.9. The molecule has 3 aliphatic rings. The number of unbranched alkanes of at least 4 members (excludes halogenated alkanes) is 2. The molecule has 2 N–H and O–H groups in total. The van der Waals surface area contributed by atoms with E-state index in [4.69, 9.17) is 9.84 Å². The van der Waals surface area contributed by atoms with Gasteiger partial charge >= 0.3 is 11.9 Å². The summed E-state index contributed by atoms with van der Waals surface area (Å²) >= 11 is 0. The highest BCUT2D eigenvalue weighted by molar-refractivity contribution is 5.92. The molecule has 202 valence electrons. The lowest BCUT2D eigenvalue weighted by Crippen LogP contribution is -2.56. The van der Waals surface area contributed by atoms with Crippen molar-refractivity contribution in [2.24, 2.45) is 17.3 Å². The molecule has 37 heavy (non-hydrogen) atoms. The third kappa shape index (κ3) is 6.29. The predicted molar refractivity (Wildman–Crippen MR) is 133 cm³/mol. The normalized spacial score (nSPS) is 22.4. The van der Waals surface area contributed by atoms with Gasteiger partial charge in [0.05, 0.1) is 6.61 Å². The highest BCUT2D eigenvalue weighted by Gasteiger charge is 2.59. The zero-order chi connectivity index (χ0) is 27.5. The number of hydrogen-bond donors (Lipinski definition) is 2. The van der Waals surface area contributed by atoms with Crippen LogP contribution in [0.2, 0.25) is 0 Å². The Morgan fingerprint density at radius 2 is 1.92 bits per heavy atom. The van der Waals surface area contributed by atoms with Gasteiger partial charge in [0.1, 0.15) is 17.3 Å². The summed E-state index contributed by atoms with van der Waals surface area (Å²) in [5, 5.41) is 29.5. The first kappa shape index (κ1) is 28.1. The van der Waals surface area contributed by atoms with E-state index in [-0.39, 0.29) is 53.5 Å². The van der Waals surface area contributed by atoms with Crippen molar-refractivity contribution in [1.82, 2.24) is 0 Å². The van der Waals surface area contributed by atoms with Crippen molar-refractivity contribution in [3.05, 3.63) is 45.5 Å². The van der Waals surface area contributed by atoms with Crippen LogP contribution in [0.15, 0.2) is 24.3 Å². The lowest BCUT2D eigenvalue weighted by Gasteiger charge is -2.59. The standard InChI is InChI=1S/C27H35NO9/c1-26(2,10-6-5-7-11-36-28(34)35)16-12-21(30)25(22(13-16)37-24(33)9-8-23(31)32)17-14-20(29)19-15-18(17)27(19,3)4/h8-9,12-13,17-19,30H,5-7,10-11,14-15H2,1-4H3,(H,31,32)/t17-,18-,19+/m1/s1. The molecule has 3 aliphatic carbocycles. The fourth-order valence-electron chi connectivity index (χ4n) is 5.86. The molecule has 3 fully saturated rings. The van der Waals surface area contributed by atoms with Crippen LogP contribution in [0.25, 0.3) is 0 Å². The minimum absolute atomic E-state index is 0.00523. The van der Waals surface area contributed by atoms with Crippen LogP contribution in [0.5, 0.6) is 11.5 Å². The van der Waals surface area contributed by atoms with Crippen LogP contribution in [-0.2, 0) is 24.6 Å². The van der Waals surface area contributed by atoms with Crippen molar-refractivity contribution < 1.29 is 39.3 Å². The number of carbonyl (C=O) groups excluding carboxylic acids is 2. The third-order valence-electron chi connectivity index (χ3n) is 8.13. The molecule has 0 amide bonds. The number of phenols is 1. The van der Waals surface area contributed by atoms with Gasteiger partial charge in [-0.2, -0.15) is 0 Å². The number of esters is 1. The Balaban J connectivity index is 1.89. The largest absolute Gasteiger partial charge is 0.508 e. The molecule has 0 saturated heterocycles.